The zero-order valence-corrected chi connectivity index (χ0v) is 56.7. The summed E-state index contributed by atoms with van der Waals surface area (Å²) in [5.41, 5.74) is 0. The highest BCUT2D eigenvalue weighted by Gasteiger charge is 2.25. The van der Waals surface area contributed by atoms with Crippen LogP contribution < -0.4 is 0 Å². The summed E-state index contributed by atoms with van der Waals surface area (Å²) < 4.78 is 23.0. The van der Waals surface area contributed by atoms with Crippen LogP contribution in [-0.4, -0.2) is 87.4 Å². The number of likely N-dealkylation sites (N-methyl/N-ethyl adjacent to an activating group) is 1. The molecule has 0 spiro atoms. The molecule has 0 aromatic heterocycles. The van der Waals surface area contributed by atoms with E-state index in [-0.39, 0.29) is 38.2 Å². The van der Waals surface area contributed by atoms with Crippen molar-refractivity contribution in [1.82, 2.24) is 0 Å². The third-order valence-electron chi connectivity index (χ3n) is 17.4. The lowest BCUT2D eigenvalue weighted by Gasteiger charge is -2.25. The number of ether oxygens (including phenoxy) is 4. The number of aliphatic carboxylic acids is 1. The molecule has 0 saturated carbocycles. The second kappa shape index (κ2) is 66.2. The van der Waals surface area contributed by atoms with Gasteiger partial charge in [-0.2, -0.15) is 0 Å². The van der Waals surface area contributed by atoms with Crippen LogP contribution in [0.15, 0.2) is 0 Å². The van der Waals surface area contributed by atoms with Crippen molar-refractivity contribution in [3.05, 3.63) is 0 Å². The number of quaternary nitrogens is 1. The van der Waals surface area contributed by atoms with Gasteiger partial charge in [-0.25, -0.2) is 4.79 Å². The van der Waals surface area contributed by atoms with Crippen LogP contribution in [-0.2, 0) is 33.3 Å². The van der Waals surface area contributed by atoms with E-state index in [4.69, 9.17) is 18.9 Å². The van der Waals surface area contributed by atoms with Crippen LogP contribution in [0.1, 0.15) is 399 Å². The molecule has 494 valence electrons. The molecule has 9 nitrogen and oxygen atoms in total. The third-order valence-corrected chi connectivity index (χ3v) is 17.4. The molecule has 0 aliphatic carbocycles. The van der Waals surface area contributed by atoms with Gasteiger partial charge in [-0.05, 0) is 12.8 Å². The van der Waals surface area contributed by atoms with Gasteiger partial charge in [0.2, 0.25) is 0 Å². The van der Waals surface area contributed by atoms with E-state index in [2.05, 4.69) is 13.8 Å². The van der Waals surface area contributed by atoms with Gasteiger partial charge in [-0.15, -0.1) is 0 Å². The summed E-state index contributed by atoms with van der Waals surface area (Å²) in [6.45, 7) is 4.97. The van der Waals surface area contributed by atoms with E-state index in [1.165, 1.54) is 334 Å². The third kappa shape index (κ3) is 67.7. The van der Waals surface area contributed by atoms with Crippen LogP contribution in [0.4, 0.5) is 0 Å². The number of nitrogens with zero attached hydrogens (tertiary/aromatic N) is 1. The summed E-state index contributed by atoms with van der Waals surface area (Å²) in [5.74, 6) is -1.97. The van der Waals surface area contributed by atoms with Crippen LogP contribution in [0.2, 0.25) is 0 Å². The van der Waals surface area contributed by atoms with E-state index < -0.39 is 18.4 Å². The topological polar surface area (TPSA) is 108 Å². The Hall–Kier alpha value is -1.71. The monoisotopic (exact) mass is 1180 g/mol. The fraction of sp³-hybridized carbons (Fsp3) is 0.959. The molecular formula is C74H146NO8+. The van der Waals surface area contributed by atoms with E-state index >= 15 is 0 Å². The number of carboxylic acid groups (broad SMARTS) is 1. The first-order valence-electron chi connectivity index (χ1n) is 37.2. The summed E-state index contributed by atoms with van der Waals surface area (Å²) >= 11 is 0. The second-order valence-corrected chi connectivity index (χ2v) is 27.0. The summed E-state index contributed by atoms with van der Waals surface area (Å²) in [7, 11) is 6.00. The van der Waals surface area contributed by atoms with Gasteiger partial charge < -0.3 is 28.5 Å². The molecule has 0 rings (SSSR count). The molecule has 0 aromatic rings. The Kier molecular flexibility index (Phi) is 64.9. The molecule has 2 atom stereocenters. The van der Waals surface area contributed by atoms with Gasteiger partial charge in [-0.1, -0.05) is 373 Å². The molecular weight excluding hydrogens is 1030 g/mol. The van der Waals surface area contributed by atoms with Crippen LogP contribution in [0.3, 0.4) is 0 Å². The predicted octanol–water partition coefficient (Wildman–Crippen LogP) is 23.0. The van der Waals surface area contributed by atoms with Crippen molar-refractivity contribution >= 4 is 17.9 Å². The lowest BCUT2D eigenvalue weighted by Crippen LogP contribution is -2.40. The van der Waals surface area contributed by atoms with Crippen molar-refractivity contribution in [2.45, 2.75) is 411 Å². The Labute approximate surface area is 517 Å². The summed E-state index contributed by atoms with van der Waals surface area (Å²) in [6.07, 6.45) is 76.8. The van der Waals surface area contributed by atoms with Gasteiger partial charge >= 0.3 is 17.9 Å². The molecule has 0 aromatic carbocycles. The standard InChI is InChI=1S/C74H145NO8/c1-6-8-10-12-14-16-18-20-22-24-26-27-28-29-30-31-32-33-34-35-36-37-38-39-40-41-42-43-44-45-47-49-51-53-55-57-59-61-63-65-72(77)83-70(69-82-74(73(78)79)80-67-66-75(3,4)5)68-81-71(76)64-62-60-58-56-54-52-50-48-46-25-23-21-19-17-15-13-11-9-7-2/h70,74H,6-69H2,1-5H3/p+1. The van der Waals surface area contributed by atoms with Crippen molar-refractivity contribution in [2.24, 2.45) is 0 Å². The fourth-order valence-electron chi connectivity index (χ4n) is 11.7. The predicted molar refractivity (Wildman–Crippen MR) is 355 cm³/mol. The maximum atomic E-state index is 12.9. The van der Waals surface area contributed by atoms with Gasteiger partial charge in [0, 0.05) is 12.8 Å². The molecule has 83 heavy (non-hydrogen) atoms. The van der Waals surface area contributed by atoms with Crippen molar-refractivity contribution in [3.63, 3.8) is 0 Å². The number of carbonyl (C=O) groups is 3. The molecule has 0 saturated heterocycles. The maximum absolute atomic E-state index is 12.9. The average molecular weight is 1180 g/mol. The zero-order valence-electron chi connectivity index (χ0n) is 56.7. The smallest absolute Gasteiger partial charge is 0.361 e. The van der Waals surface area contributed by atoms with Crippen molar-refractivity contribution in [2.75, 3.05) is 47.5 Å². The van der Waals surface area contributed by atoms with Crippen molar-refractivity contribution in [3.8, 4) is 0 Å². The number of hydrogen-bond acceptors (Lipinski definition) is 7. The second-order valence-electron chi connectivity index (χ2n) is 27.0. The molecule has 0 aliphatic rings. The van der Waals surface area contributed by atoms with Crippen molar-refractivity contribution < 1.29 is 42.9 Å². The number of unbranched alkanes of at least 4 members (excludes halogenated alkanes) is 56. The van der Waals surface area contributed by atoms with Crippen LogP contribution in [0.5, 0.6) is 0 Å². The van der Waals surface area contributed by atoms with Gasteiger partial charge in [0.05, 0.1) is 34.4 Å². The van der Waals surface area contributed by atoms with Crippen LogP contribution in [0, 0.1) is 0 Å². The first-order chi connectivity index (χ1) is 40.6. The van der Waals surface area contributed by atoms with Gasteiger partial charge in [0.25, 0.3) is 6.29 Å². The highest BCUT2D eigenvalue weighted by atomic mass is 16.7. The van der Waals surface area contributed by atoms with Gasteiger partial charge in [0.15, 0.2) is 6.10 Å². The first-order valence-corrected chi connectivity index (χ1v) is 37.2. The lowest BCUT2D eigenvalue weighted by atomic mass is 10.0. The minimum atomic E-state index is -1.50. The molecule has 2 unspecified atom stereocenters. The van der Waals surface area contributed by atoms with Crippen molar-refractivity contribution in [1.29, 1.82) is 0 Å². The molecule has 0 bridgehead atoms. The van der Waals surface area contributed by atoms with Crippen LogP contribution in [0.25, 0.3) is 0 Å². The quantitative estimate of drug-likeness (QED) is 0.0278. The van der Waals surface area contributed by atoms with Crippen LogP contribution >= 0.6 is 0 Å². The van der Waals surface area contributed by atoms with Gasteiger partial charge in [-0.3, -0.25) is 9.59 Å². The minimum Gasteiger partial charge on any atom is -0.477 e. The van der Waals surface area contributed by atoms with E-state index in [0.29, 0.717) is 17.4 Å². The average Bonchev–Trinajstić information content (AvgIpc) is 3.46. The molecule has 0 fully saturated rings. The normalized spacial score (nSPS) is 12.5. The SMILES string of the molecule is CCCCCCCCCCCCCCCCCCCCCCCCCCCCCCCCCCCCCCCCCC(=O)OC(COC(=O)CCCCCCCCCCCCCCCCCCCCC)COC(OCC[N+](C)(C)C)C(=O)O. The number of hydrogen-bond donors (Lipinski definition) is 1. The van der Waals surface area contributed by atoms with E-state index in [9.17, 15) is 19.5 Å². The molecule has 0 heterocycles. The number of esters is 2. The fourth-order valence-corrected chi connectivity index (χ4v) is 11.7. The molecule has 0 radical (unpaired) electrons. The van der Waals surface area contributed by atoms with Gasteiger partial charge in [0.1, 0.15) is 13.2 Å². The highest BCUT2D eigenvalue weighted by molar-refractivity contribution is 5.71. The minimum absolute atomic E-state index is 0.172. The Balaban J connectivity index is 3.91. The maximum Gasteiger partial charge on any atom is 0.361 e. The number of carbonyl (C=O) groups excluding carboxylic acids is 2. The Morgan fingerprint density at radius 1 is 0.313 bits per heavy atom. The number of rotatable bonds is 71. The van der Waals surface area contributed by atoms with E-state index in [1.807, 2.05) is 21.1 Å². The zero-order chi connectivity index (χ0) is 60.5. The van der Waals surface area contributed by atoms with E-state index in [0.717, 1.165) is 38.5 Å². The summed E-state index contributed by atoms with van der Waals surface area (Å²) in [6, 6.07) is 0. The molecule has 9 heteroatoms. The highest BCUT2D eigenvalue weighted by Crippen LogP contribution is 2.20. The Morgan fingerprint density at radius 2 is 0.542 bits per heavy atom. The Morgan fingerprint density at radius 3 is 0.771 bits per heavy atom. The lowest BCUT2D eigenvalue weighted by molar-refractivity contribution is -0.870. The van der Waals surface area contributed by atoms with E-state index in [1.54, 1.807) is 0 Å². The molecule has 1 N–H and O–H groups in total. The summed E-state index contributed by atoms with van der Waals surface area (Å²) in [5, 5.41) is 9.74. The largest absolute Gasteiger partial charge is 0.477 e. The Bertz CT molecular complexity index is 1320. The number of carboxylic acids is 1. The molecule has 0 amide bonds. The molecule has 0 aliphatic heterocycles. The summed E-state index contributed by atoms with van der Waals surface area (Å²) in [4.78, 5) is 37.6. The first kappa shape index (κ1) is 81.3.